The summed E-state index contributed by atoms with van der Waals surface area (Å²) in [5.41, 5.74) is 0. The SMILES string of the molecule is CC(C)[C@H]1CC(O)[C@@H](O)CO1. The van der Waals surface area contributed by atoms with Crippen molar-refractivity contribution in [1.82, 2.24) is 0 Å². The highest BCUT2D eigenvalue weighted by Gasteiger charge is 2.29. The molecule has 0 aliphatic carbocycles. The van der Waals surface area contributed by atoms with E-state index in [-0.39, 0.29) is 12.7 Å². The van der Waals surface area contributed by atoms with Gasteiger partial charge in [-0.25, -0.2) is 0 Å². The third-order valence-electron chi connectivity index (χ3n) is 2.14. The minimum Gasteiger partial charge on any atom is -0.390 e. The Balaban J connectivity index is 2.40. The predicted molar refractivity (Wildman–Crippen MR) is 41.2 cm³/mol. The maximum absolute atomic E-state index is 9.27. The predicted octanol–water partition coefficient (Wildman–Crippen LogP) is 0.153. The maximum atomic E-state index is 9.27. The van der Waals surface area contributed by atoms with E-state index in [4.69, 9.17) is 9.84 Å². The number of aliphatic hydroxyl groups excluding tert-OH is 2. The molecule has 3 heteroatoms. The van der Waals surface area contributed by atoms with Gasteiger partial charge in [0.05, 0.1) is 18.8 Å². The maximum Gasteiger partial charge on any atom is 0.103 e. The van der Waals surface area contributed by atoms with Crippen molar-refractivity contribution < 1.29 is 14.9 Å². The second kappa shape index (κ2) is 3.52. The Morgan fingerprint density at radius 1 is 1.27 bits per heavy atom. The first-order valence-electron chi connectivity index (χ1n) is 4.09. The van der Waals surface area contributed by atoms with Crippen molar-refractivity contribution in [3.8, 4) is 0 Å². The molecule has 1 rings (SSSR count). The number of hydrogen-bond acceptors (Lipinski definition) is 3. The minimum absolute atomic E-state index is 0.105. The summed E-state index contributed by atoms with van der Waals surface area (Å²) in [4.78, 5) is 0. The van der Waals surface area contributed by atoms with Crippen LogP contribution in [0.15, 0.2) is 0 Å². The van der Waals surface area contributed by atoms with E-state index >= 15 is 0 Å². The highest BCUT2D eigenvalue weighted by atomic mass is 16.5. The topological polar surface area (TPSA) is 49.7 Å². The Hall–Kier alpha value is -0.120. The molecule has 3 atom stereocenters. The van der Waals surface area contributed by atoms with Crippen LogP contribution in [0.5, 0.6) is 0 Å². The summed E-state index contributed by atoms with van der Waals surface area (Å²) in [6, 6.07) is 0. The lowest BCUT2D eigenvalue weighted by molar-refractivity contribution is -0.132. The summed E-state index contributed by atoms with van der Waals surface area (Å²) in [7, 11) is 0. The van der Waals surface area contributed by atoms with Crippen molar-refractivity contribution in [3.63, 3.8) is 0 Å². The van der Waals surface area contributed by atoms with E-state index in [1.54, 1.807) is 0 Å². The Kier molecular flexibility index (Phi) is 2.87. The fourth-order valence-electron chi connectivity index (χ4n) is 1.26. The molecule has 11 heavy (non-hydrogen) atoms. The molecular formula is C8H16O3. The molecule has 66 valence electrons. The average molecular weight is 160 g/mol. The first-order chi connectivity index (χ1) is 5.11. The quantitative estimate of drug-likeness (QED) is 0.574. The van der Waals surface area contributed by atoms with Gasteiger partial charge in [-0.2, -0.15) is 0 Å². The van der Waals surface area contributed by atoms with E-state index in [1.807, 2.05) is 0 Å². The van der Waals surface area contributed by atoms with E-state index in [0.29, 0.717) is 12.3 Å². The first-order valence-corrected chi connectivity index (χ1v) is 4.09. The van der Waals surface area contributed by atoms with Crippen LogP contribution < -0.4 is 0 Å². The van der Waals surface area contributed by atoms with E-state index in [2.05, 4.69) is 13.8 Å². The molecule has 1 heterocycles. The van der Waals surface area contributed by atoms with Crippen molar-refractivity contribution in [3.05, 3.63) is 0 Å². The van der Waals surface area contributed by atoms with E-state index in [1.165, 1.54) is 0 Å². The Labute approximate surface area is 67.0 Å². The highest BCUT2D eigenvalue weighted by Crippen LogP contribution is 2.20. The summed E-state index contributed by atoms with van der Waals surface area (Å²) in [5, 5.41) is 18.4. The van der Waals surface area contributed by atoms with Gasteiger partial charge in [-0.3, -0.25) is 0 Å². The van der Waals surface area contributed by atoms with Gasteiger partial charge in [-0.15, -0.1) is 0 Å². The second-order valence-electron chi connectivity index (χ2n) is 3.49. The van der Waals surface area contributed by atoms with Crippen LogP contribution in [-0.4, -0.2) is 35.1 Å². The Morgan fingerprint density at radius 3 is 2.36 bits per heavy atom. The minimum atomic E-state index is -0.690. The third kappa shape index (κ3) is 2.15. The van der Waals surface area contributed by atoms with Gasteiger partial charge in [-0.1, -0.05) is 13.8 Å². The van der Waals surface area contributed by atoms with Crippen LogP contribution in [0.3, 0.4) is 0 Å². The normalized spacial score (nSPS) is 39.5. The molecule has 1 fully saturated rings. The van der Waals surface area contributed by atoms with Crippen LogP contribution in [-0.2, 0) is 4.74 Å². The van der Waals surface area contributed by atoms with Gasteiger partial charge >= 0.3 is 0 Å². The van der Waals surface area contributed by atoms with E-state index in [9.17, 15) is 5.11 Å². The fourth-order valence-corrected chi connectivity index (χ4v) is 1.26. The summed E-state index contributed by atoms with van der Waals surface area (Å²) in [6.07, 6.45) is -0.631. The summed E-state index contributed by atoms with van der Waals surface area (Å²) >= 11 is 0. The zero-order valence-electron chi connectivity index (χ0n) is 7.03. The monoisotopic (exact) mass is 160 g/mol. The molecule has 0 bridgehead atoms. The van der Waals surface area contributed by atoms with Crippen molar-refractivity contribution in [1.29, 1.82) is 0 Å². The smallest absolute Gasteiger partial charge is 0.103 e. The van der Waals surface area contributed by atoms with Gasteiger partial charge in [0, 0.05) is 6.42 Å². The van der Waals surface area contributed by atoms with Gasteiger partial charge < -0.3 is 14.9 Å². The molecular weight excluding hydrogens is 144 g/mol. The fraction of sp³-hybridized carbons (Fsp3) is 1.00. The van der Waals surface area contributed by atoms with Gasteiger partial charge in [0.1, 0.15) is 6.10 Å². The number of aliphatic hydroxyl groups is 2. The molecule has 1 unspecified atom stereocenters. The molecule has 3 nitrogen and oxygen atoms in total. The zero-order chi connectivity index (χ0) is 8.43. The highest BCUT2D eigenvalue weighted by molar-refractivity contribution is 4.78. The van der Waals surface area contributed by atoms with Crippen molar-refractivity contribution in [2.75, 3.05) is 6.61 Å². The molecule has 0 aromatic rings. The lowest BCUT2D eigenvalue weighted by atomic mass is 9.96. The third-order valence-corrected chi connectivity index (χ3v) is 2.14. The van der Waals surface area contributed by atoms with Crippen molar-refractivity contribution in [2.24, 2.45) is 5.92 Å². The molecule has 1 aliphatic rings. The summed E-state index contributed by atoms with van der Waals surface area (Å²) in [5.74, 6) is 0.414. The second-order valence-corrected chi connectivity index (χ2v) is 3.49. The molecule has 0 radical (unpaired) electrons. The number of rotatable bonds is 1. The molecule has 1 aliphatic heterocycles. The largest absolute Gasteiger partial charge is 0.390 e. The molecule has 0 spiro atoms. The van der Waals surface area contributed by atoms with Crippen molar-refractivity contribution in [2.45, 2.75) is 38.6 Å². The van der Waals surface area contributed by atoms with E-state index in [0.717, 1.165) is 0 Å². The van der Waals surface area contributed by atoms with Crippen LogP contribution in [0.2, 0.25) is 0 Å². The standard InChI is InChI=1S/C8H16O3/c1-5(2)8-3-6(9)7(10)4-11-8/h5-10H,3-4H2,1-2H3/t6?,7-,8+/m0/s1. The van der Waals surface area contributed by atoms with Gasteiger partial charge in [0.25, 0.3) is 0 Å². The summed E-state index contributed by atoms with van der Waals surface area (Å²) < 4.78 is 5.31. The van der Waals surface area contributed by atoms with Gasteiger partial charge in [0.15, 0.2) is 0 Å². The van der Waals surface area contributed by atoms with Crippen LogP contribution in [0.1, 0.15) is 20.3 Å². The number of ether oxygens (including phenoxy) is 1. The van der Waals surface area contributed by atoms with Crippen molar-refractivity contribution >= 4 is 0 Å². The van der Waals surface area contributed by atoms with Crippen LogP contribution >= 0.6 is 0 Å². The first kappa shape index (κ1) is 8.97. The molecule has 0 amide bonds. The zero-order valence-corrected chi connectivity index (χ0v) is 7.03. The Bertz CT molecular complexity index is 125. The van der Waals surface area contributed by atoms with Crippen LogP contribution in [0.25, 0.3) is 0 Å². The van der Waals surface area contributed by atoms with Gasteiger partial charge in [-0.05, 0) is 5.92 Å². The molecule has 0 aromatic carbocycles. The Morgan fingerprint density at radius 2 is 1.91 bits per heavy atom. The van der Waals surface area contributed by atoms with E-state index < -0.39 is 12.2 Å². The van der Waals surface area contributed by atoms with Crippen LogP contribution in [0.4, 0.5) is 0 Å². The van der Waals surface area contributed by atoms with Crippen LogP contribution in [0, 0.1) is 5.92 Å². The molecule has 0 saturated carbocycles. The average Bonchev–Trinajstić information content (AvgIpc) is 1.94. The molecule has 0 aromatic heterocycles. The lowest BCUT2D eigenvalue weighted by Gasteiger charge is -2.32. The molecule has 1 saturated heterocycles. The summed E-state index contributed by atoms with van der Waals surface area (Å²) in [6.45, 7) is 4.37. The number of hydrogen-bond donors (Lipinski definition) is 2. The lowest BCUT2D eigenvalue weighted by Crippen LogP contribution is -2.42. The molecule has 2 N–H and O–H groups in total. The van der Waals surface area contributed by atoms with Gasteiger partial charge in [0.2, 0.25) is 0 Å².